The molecule has 1 atom stereocenters. The third-order valence-corrected chi connectivity index (χ3v) is 2.83. The van der Waals surface area contributed by atoms with Gasteiger partial charge >= 0.3 is 5.97 Å². The molecule has 0 spiro atoms. The number of amides is 1. The van der Waals surface area contributed by atoms with E-state index in [9.17, 15) is 9.59 Å². The first-order valence-corrected chi connectivity index (χ1v) is 6.40. The molecule has 0 saturated carbocycles. The van der Waals surface area contributed by atoms with Gasteiger partial charge in [-0.3, -0.25) is 9.89 Å². The van der Waals surface area contributed by atoms with Crippen molar-refractivity contribution in [2.75, 3.05) is 0 Å². The molecule has 4 N–H and O–H groups in total. The minimum Gasteiger partial charge on any atom is -0.480 e. The topological polar surface area (TPSA) is 137 Å². The van der Waals surface area contributed by atoms with Gasteiger partial charge in [0.1, 0.15) is 11.9 Å². The van der Waals surface area contributed by atoms with E-state index in [1.165, 1.54) is 12.5 Å². The van der Waals surface area contributed by atoms with Gasteiger partial charge in [-0.25, -0.2) is 14.8 Å². The van der Waals surface area contributed by atoms with E-state index in [0.29, 0.717) is 11.5 Å². The Kier molecular flexibility index (Phi) is 4.31. The number of H-pyrrole nitrogens is 2. The molecule has 2 heterocycles. The molecule has 0 aliphatic carbocycles. The van der Waals surface area contributed by atoms with Crippen molar-refractivity contribution >= 4 is 11.9 Å². The van der Waals surface area contributed by atoms with Gasteiger partial charge in [-0.2, -0.15) is 0 Å². The lowest BCUT2D eigenvalue weighted by atomic mass is 10.1. The van der Waals surface area contributed by atoms with Crippen LogP contribution >= 0.6 is 0 Å². The average Bonchev–Trinajstić information content (AvgIpc) is 3.08. The maximum absolute atomic E-state index is 12.0. The molecule has 0 aromatic carbocycles. The van der Waals surface area contributed by atoms with Crippen molar-refractivity contribution in [1.82, 2.24) is 30.5 Å². The van der Waals surface area contributed by atoms with Crippen LogP contribution in [0.2, 0.25) is 0 Å². The standard InChI is InChI=1S/C12H16N6O3/c1-6(2)9-16-10(18-17-9)11(19)15-8(12(20)21)3-7-4-13-5-14-7/h4-6,8H,3H2,1-2H3,(H,13,14)(H,15,19)(H,20,21)(H,16,17,18)/t8-/m1/s1. The van der Waals surface area contributed by atoms with Crippen LogP contribution in [0.3, 0.4) is 0 Å². The molecule has 9 heteroatoms. The molecule has 0 bridgehead atoms. The molecule has 2 aromatic heterocycles. The highest BCUT2D eigenvalue weighted by Gasteiger charge is 2.24. The van der Waals surface area contributed by atoms with Crippen LogP contribution in [0.15, 0.2) is 12.5 Å². The largest absolute Gasteiger partial charge is 0.480 e. The van der Waals surface area contributed by atoms with Crippen molar-refractivity contribution in [2.24, 2.45) is 0 Å². The number of carboxylic acid groups (broad SMARTS) is 1. The van der Waals surface area contributed by atoms with Crippen molar-refractivity contribution in [3.63, 3.8) is 0 Å². The number of carbonyl (C=O) groups is 2. The van der Waals surface area contributed by atoms with Crippen molar-refractivity contribution in [3.8, 4) is 0 Å². The highest BCUT2D eigenvalue weighted by Crippen LogP contribution is 2.08. The zero-order valence-electron chi connectivity index (χ0n) is 11.6. The summed E-state index contributed by atoms with van der Waals surface area (Å²) in [6.45, 7) is 3.81. The van der Waals surface area contributed by atoms with E-state index in [4.69, 9.17) is 5.11 Å². The van der Waals surface area contributed by atoms with E-state index in [0.717, 1.165) is 0 Å². The summed E-state index contributed by atoms with van der Waals surface area (Å²) in [6, 6.07) is -1.08. The van der Waals surface area contributed by atoms with E-state index in [1.54, 1.807) is 0 Å². The highest BCUT2D eigenvalue weighted by molar-refractivity contribution is 5.93. The molecule has 21 heavy (non-hydrogen) atoms. The molecular weight excluding hydrogens is 276 g/mol. The third kappa shape index (κ3) is 3.65. The maximum Gasteiger partial charge on any atom is 0.326 e. The van der Waals surface area contributed by atoms with Gasteiger partial charge < -0.3 is 15.4 Å². The van der Waals surface area contributed by atoms with E-state index >= 15 is 0 Å². The number of carbonyl (C=O) groups excluding carboxylic acids is 1. The molecule has 1 amide bonds. The number of carboxylic acids is 1. The quantitative estimate of drug-likeness (QED) is 0.595. The third-order valence-electron chi connectivity index (χ3n) is 2.83. The summed E-state index contributed by atoms with van der Waals surface area (Å²) in [7, 11) is 0. The molecule has 0 aliphatic heterocycles. The fourth-order valence-electron chi connectivity index (χ4n) is 1.67. The fraction of sp³-hybridized carbons (Fsp3) is 0.417. The first-order valence-electron chi connectivity index (χ1n) is 6.40. The van der Waals surface area contributed by atoms with Crippen LogP contribution in [0, 0.1) is 0 Å². The Morgan fingerprint density at radius 2 is 2.19 bits per heavy atom. The number of imidazole rings is 1. The Bertz CT molecular complexity index is 619. The fourth-order valence-corrected chi connectivity index (χ4v) is 1.67. The number of nitrogens with one attached hydrogen (secondary N) is 3. The lowest BCUT2D eigenvalue weighted by Gasteiger charge is -2.12. The predicted molar refractivity (Wildman–Crippen MR) is 71.7 cm³/mol. The molecule has 0 saturated heterocycles. The Balaban J connectivity index is 2.05. The molecule has 0 unspecified atom stereocenters. The van der Waals surface area contributed by atoms with Crippen LogP contribution in [0.1, 0.15) is 41.9 Å². The lowest BCUT2D eigenvalue weighted by molar-refractivity contribution is -0.139. The predicted octanol–water partition coefficient (Wildman–Crippen LogP) is 0.0769. The number of rotatable bonds is 6. The van der Waals surface area contributed by atoms with Crippen LogP contribution in [-0.2, 0) is 11.2 Å². The molecule has 0 aliphatic rings. The summed E-state index contributed by atoms with van der Waals surface area (Å²) >= 11 is 0. The Labute approximate surface area is 120 Å². The normalized spacial score (nSPS) is 12.3. The van der Waals surface area contributed by atoms with Gasteiger partial charge in [-0.1, -0.05) is 13.8 Å². The summed E-state index contributed by atoms with van der Waals surface area (Å²) in [5.41, 5.74) is 0.612. The summed E-state index contributed by atoms with van der Waals surface area (Å²) in [6.07, 6.45) is 3.05. The van der Waals surface area contributed by atoms with Crippen molar-refractivity contribution in [1.29, 1.82) is 0 Å². The van der Waals surface area contributed by atoms with Gasteiger partial charge in [-0.15, -0.1) is 5.10 Å². The van der Waals surface area contributed by atoms with Crippen LogP contribution in [0.25, 0.3) is 0 Å². The average molecular weight is 292 g/mol. The van der Waals surface area contributed by atoms with Gasteiger partial charge in [0, 0.05) is 24.2 Å². The van der Waals surface area contributed by atoms with Gasteiger partial charge in [0.05, 0.1) is 6.33 Å². The van der Waals surface area contributed by atoms with E-state index in [1.807, 2.05) is 13.8 Å². The number of nitrogens with zero attached hydrogens (tertiary/aromatic N) is 3. The summed E-state index contributed by atoms with van der Waals surface area (Å²) in [5, 5.41) is 18.0. The molecular formula is C12H16N6O3. The molecule has 112 valence electrons. The smallest absolute Gasteiger partial charge is 0.326 e. The van der Waals surface area contributed by atoms with Crippen LogP contribution in [0.4, 0.5) is 0 Å². The second-order valence-corrected chi connectivity index (χ2v) is 4.84. The number of aliphatic carboxylic acids is 1. The van der Waals surface area contributed by atoms with E-state index in [-0.39, 0.29) is 18.2 Å². The minimum atomic E-state index is -1.14. The Hall–Kier alpha value is -2.71. The Morgan fingerprint density at radius 3 is 2.71 bits per heavy atom. The highest BCUT2D eigenvalue weighted by atomic mass is 16.4. The zero-order valence-corrected chi connectivity index (χ0v) is 11.6. The van der Waals surface area contributed by atoms with Crippen molar-refractivity contribution in [2.45, 2.75) is 32.2 Å². The number of hydrogen-bond acceptors (Lipinski definition) is 5. The zero-order chi connectivity index (χ0) is 15.4. The SMILES string of the molecule is CC(C)c1nc(C(=O)N[C@H](Cc2cnc[nH]2)C(=O)O)n[nH]1. The summed E-state index contributed by atoms with van der Waals surface area (Å²) in [5.74, 6) is -1.18. The lowest BCUT2D eigenvalue weighted by Crippen LogP contribution is -2.42. The Morgan fingerprint density at radius 1 is 1.43 bits per heavy atom. The molecule has 9 nitrogen and oxygen atoms in total. The van der Waals surface area contributed by atoms with Gasteiger partial charge in [0.2, 0.25) is 5.82 Å². The van der Waals surface area contributed by atoms with E-state index in [2.05, 4.69) is 30.5 Å². The van der Waals surface area contributed by atoms with Crippen molar-refractivity contribution in [3.05, 3.63) is 29.9 Å². The molecule has 0 radical (unpaired) electrons. The van der Waals surface area contributed by atoms with Gasteiger partial charge in [0.15, 0.2) is 0 Å². The monoisotopic (exact) mass is 292 g/mol. The second kappa shape index (κ2) is 6.16. The maximum atomic E-state index is 12.0. The first-order chi connectivity index (χ1) is 9.97. The number of aromatic nitrogens is 5. The molecule has 2 rings (SSSR count). The van der Waals surface area contributed by atoms with Crippen LogP contribution in [-0.4, -0.2) is 48.2 Å². The van der Waals surface area contributed by atoms with Gasteiger partial charge in [-0.05, 0) is 0 Å². The van der Waals surface area contributed by atoms with E-state index < -0.39 is 17.9 Å². The van der Waals surface area contributed by atoms with Gasteiger partial charge in [0.25, 0.3) is 5.91 Å². The van der Waals surface area contributed by atoms with Crippen molar-refractivity contribution < 1.29 is 14.7 Å². The number of hydrogen-bond donors (Lipinski definition) is 4. The molecule has 2 aromatic rings. The van der Waals surface area contributed by atoms with Crippen LogP contribution < -0.4 is 5.32 Å². The minimum absolute atomic E-state index is 0.0745. The first kappa shape index (κ1) is 14.7. The summed E-state index contributed by atoms with van der Waals surface area (Å²) in [4.78, 5) is 33.8. The van der Waals surface area contributed by atoms with Crippen LogP contribution in [0.5, 0.6) is 0 Å². The second-order valence-electron chi connectivity index (χ2n) is 4.84. The summed E-state index contributed by atoms with van der Waals surface area (Å²) < 4.78 is 0. The number of aromatic amines is 2. The molecule has 0 fully saturated rings.